The maximum atomic E-state index is 9.99. The van der Waals surface area contributed by atoms with Crippen molar-refractivity contribution in [2.75, 3.05) is 0 Å². The van der Waals surface area contributed by atoms with E-state index >= 15 is 0 Å². The third-order valence-corrected chi connectivity index (χ3v) is 2.71. The van der Waals surface area contributed by atoms with Gasteiger partial charge in [0.1, 0.15) is 0 Å². The Morgan fingerprint density at radius 3 is 1.69 bits per heavy atom. The van der Waals surface area contributed by atoms with Crippen molar-refractivity contribution in [3.8, 4) is 6.07 Å². The van der Waals surface area contributed by atoms with Crippen molar-refractivity contribution in [3.05, 3.63) is 0 Å². The minimum absolute atomic E-state index is 0.0756. The van der Waals surface area contributed by atoms with E-state index in [4.69, 9.17) is 5.26 Å². The molecule has 74 valence electrons. The van der Waals surface area contributed by atoms with Crippen LogP contribution >= 0.6 is 0 Å². The summed E-state index contributed by atoms with van der Waals surface area (Å²) in [7, 11) is 0. The molecule has 0 unspecified atom stereocenters. The van der Waals surface area contributed by atoms with E-state index in [0.29, 0.717) is 12.8 Å². The molecule has 0 amide bonds. The first-order valence-electron chi connectivity index (χ1n) is 4.82. The van der Waals surface area contributed by atoms with E-state index in [1.165, 1.54) is 0 Å². The van der Waals surface area contributed by atoms with Crippen LogP contribution in [-0.4, -0.2) is 10.7 Å². The largest absolute Gasteiger partial charge is 0.375 e. The molecule has 1 N–H and O–H groups in total. The molecule has 0 saturated heterocycles. The van der Waals surface area contributed by atoms with Crippen LogP contribution in [0.1, 0.15) is 47.0 Å². The molecule has 1 aliphatic rings. The summed E-state index contributed by atoms with van der Waals surface area (Å²) in [6.45, 7) is 8.48. The minimum Gasteiger partial charge on any atom is -0.375 e. The van der Waals surface area contributed by atoms with Gasteiger partial charge in [0.15, 0.2) is 5.60 Å². The number of hydrogen-bond donors (Lipinski definition) is 1. The molecule has 0 aromatic carbocycles. The van der Waals surface area contributed by atoms with Gasteiger partial charge >= 0.3 is 0 Å². The lowest BCUT2D eigenvalue weighted by Gasteiger charge is -2.46. The van der Waals surface area contributed by atoms with Crippen molar-refractivity contribution in [3.63, 3.8) is 0 Å². The second-order valence-corrected chi connectivity index (χ2v) is 6.00. The van der Waals surface area contributed by atoms with Gasteiger partial charge in [-0.2, -0.15) is 5.26 Å². The van der Waals surface area contributed by atoms with Gasteiger partial charge in [-0.25, -0.2) is 0 Å². The van der Waals surface area contributed by atoms with Crippen molar-refractivity contribution < 1.29 is 5.11 Å². The Bertz CT molecular complexity index is 231. The van der Waals surface area contributed by atoms with Crippen molar-refractivity contribution >= 4 is 0 Å². The lowest BCUT2D eigenvalue weighted by Crippen LogP contribution is -2.45. The summed E-state index contributed by atoms with van der Waals surface area (Å²) in [5, 5.41) is 18.9. The van der Waals surface area contributed by atoms with Gasteiger partial charge in [0.05, 0.1) is 6.07 Å². The number of nitrogens with zero attached hydrogens (tertiary/aromatic N) is 1. The average Bonchev–Trinajstić information content (AvgIpc) is 1.79. The molecule has 0 aromatic rings. The number of rotatable bonds is 0. The quantitative estimate of drug-likeness (QED) is 0.583. The molecular formula is C11H19NO. The molecule has 1 rings (SSSR count). The van der Waals surface area contributed by atoms with Crippen LogP contribution in [0.25, 0.3) is 0 Å². The van der Waals surface area contributed by atoms with Crippen LogP contribution in [0, 0.1) is 22.2 Å². The molecular weight excluding hydrogens is 162 g/mol. The second-order valence-electron chi connectivity index (χ2n) is 6.00. The van der Waals surface area contributed by atoms with Gasteiger partial charge in [0, 0.05) is 0 Å². The fourth-order valence-electron chi connectivity index (χ4n) is 3.15. The molecule has 2 nitrogen and oxygen atoms in total. The van der Waals surface area contributed by atoms with E-state index in [0.717, 1.165) is 6.42 Å². The molecule has 0 aliphatic heterocycles. The summed E-state index contributed by atoms with van der Waals surface area (Å²) in [6, 6.07) is 2.05. The van der Waals surface area contributed by atoms with Gasteiger partial charge in [0.25, 0.3) is 0 Å². The third kappa shape index (κ3) is 2.45. The summed E-state index contributed by atoms with van der Waals surface area (Å²) < 4.78 is 0. The summed E-state index contributed by atoms with van der Waals surface area (Å²) in [5.74, 6) is 0. The molecule has 0 aromatic heterocycles. The summed E-state index contributed by atoms with van der Waals surface area (Å²) >= 11 is 0. The van der Waals surface area contributed by atoms with Crippen molar-refractivity contribution in [1.29, 1.82) is 5.26 Å². The van der Waals surface area contributed by atoms with Crippen molar-refractivity contribution in [1.82, 2.24) is 0 Å². The first kappa shape index (κ1) is 10.5. The lowest BCUT2D eigenvalue weighted by molar-refractivity contribution is -0.0478. The molecule has 0 spiro atoms. The minimum atomic E-state index is -1.11. The zero-order chi connectivity index (χ0) is 10.3. The van der Waals surface area contributed by atoms with Crippen molar-refractivity contribution in [2.45, 2.75) is 52.6 Å². The first-order chi connectivity index (χ1) is 5.68. The van der Waals surface area contributed by atoms with Crippen LogP contribution in [-0.2, 0) is 0 Å². The normalized spacial score (nSPS) is 29.2. The van der Waals surface area contributed by atoms with Crippen LogP contribution in [0.5, 0.6) is 0 Å². The molecule has 13 heavy (non-hydrogen) atoms. The smallest absolute Gasteiger partial charge is 0.152 e. The van der Waals surface area contributed by atoms with Crippen LogP contribution < -0.4 is 0 Å². The zero-order valence-electron chi connectivity index (χ0n) is 9.02. The molecule has 0 radical (unpaired) electrons. The summed E-state index contributed by atoms with van der Waals surface area (Å²) in [4.78, 5) is 0. The van der Waals surface area contributed by atoms with E-state index in [1.807, 2.05) is 6.07 Å². The predicted molar refractivity (Wildman–Crippen MR) is 52.0 cm³/mol. The maximum absolute atomic E-state index is 9.99. The number of hydrogen-bond acceptors (Lipinski definition) is 2. The highest BCUT2D eigenvalue weighted by molar-refractivity contribution is 5.09. The highest BCUT2D eigenvalue weighted by Gasteiger charge is 2.46. The van der Waals surface area contributed by atoms with Gasteiger partial charge in [0.2, 0.25) is 0 Å². The van der Waals surface area contributed by atoms with E-state index < -0.39 is 5.60 Å². The highest BCUT2D eigenvalue weighted by atomic mass is 16.3. The molecule has 2 heteroatoms. The van der Waals surface area contributed by atoms with Crippen molar-refractivity contribution in [2.24, 2.45) is 10.8 Å². The maximum Gasteiger partial charge on any atom is 0.152 e. The predicted octanol–water partition coefficient (Wildman–Crippen LogP) is 2.48. The summed E-state index contributed by atoms with van der Waals surface area (Å²) in [6.07, 6.45) is 2.27. The third-order valence-electron chi connectivity index (χ3n) is 2.71. The Kier molecular flexibility index (Phi) is 2.20. The fraction of sp³-hybridized carbons (Fsp3) is 0.909. The first-order valence-corrected chi connectivity index (χ1v) is 4.82. The average molecular weight is 181 g/mol. The van der Waals surface area contributed by atoms with E-state index in [1.54, 1.807) is 0 Å². The molecule has 1 fully saturated rings. The molecule has 0 bridgehead atoms. The Labute approximate surface area is 80.6 Å². The monoisotopic (exact) mass is 181 g/mol. The van der Waals surface area contributed by atoms with E-state index in [-0.39, 0.29) is 10.8 Å². The lowest BCUT2D eigenvalue weighted by atomic mass is 9.60. The van der Waals surface area contributed by atoms with Crippen LogP contribution in [0.4, 0.5) is 0 Å². The Morgan fingerprint density at radius 2 is 1.38 bits per heavy atom. The SMILES string of the molecule is CC1(C)CC(C)(C)CC(O)(C#N)C1. The fourth-order valence-corrected chi connectivity index (χ4v) is 3.15. The molecule has 1 saturated carbocycles. The van der Waals surface area contributed by atoms with Crippen LogP contribution in [0.2, 0.25) is 0 Å². The van der Waals surface area contributed by atoms with E-state index in [2.05, 4.69) is 27.7 Å². The number of nitriles is 1. The molecule has 1 aliphatic carbocycles. The van der Waals surface area contributed by atoms with Gasteiger partial charge in [-0.15, -0.1) is 0 Å². The molecule has 0 heterocycles. The van der Waals surface area contributed by atoms with Crippen LogP contribution in [0.3, 0.4) is 0 Å². The van der Waals surface area contributed by atoms with E-state index in [9.17, 15) is 5.11 Å². The standard InChI is InChI=1S/C11H19NO/c1-9(2)5-10(3,4)7-11(13,6-9)8-12/h13H,5-7H2,1-4H3. The Balaban J connectivity index is 2.92. The van der Waals surface area contributed by atoms with Gasteiger partial charge in [-0.3, -0.25) is 0 Å². The molecule has 0 atom stereocenters. The highest BCUT2D eigenvalue weighted by Crippen LogP contribution is 2.49. The Morgan fingerprint density at radius 1 is 1.00 bits per heavy atom. The number of aliphatic hydroxyl groups is 1. The zero-order valence-corrected chi connectivity index (χ0v) is 9.02. The van der Waals surface area contributed by atoms with Gasteiger partial charge in [-0.1, -0.05) is 27.7 Å². The van der Waals surface area contributed by atoms with Gasteiger partial charge < -0.3 is 5.11 Å². The second kappa shape index (κ2) is 2.72. The van der Waals surface area contributed by atoms with Crippen LogP contribution in [0.15, 0.2) is 0 Å². The Hall–Kier alpha value is -0.550. The topological polar surface area (TPSA) is 44.0 Å². The summed E-state index contributed by atoms with van der Waals surface area (Å²) in [5.41, 5.74) is -0.955. The van der Waals surface area contributed by atoms with Gasteiger partial charge in [-0.05, 0) is 30.1 Å².